The lowest BCUT2D eigenvalue weighted by molar-refractivity contribution is -0.379. The summed E-state index contributed by atoms with van der Waals surface area (Å²) in [6.45, 7) is 1.81. The van der Waals surface area contributed by atoms with E-state index in [9.17, 15) is 61.0 Å². The Morgan fingerprint density at radius 2 is 0.585 bits per heavy atom. The smallest absolute Gasteiger partial charge is 0.220 e. The van der Waals surface area contributed by atoms with Crippen molar-refractivity contribution in [1.82, 2.24) is 5.32 Å². The maximum atomic E-state index is 13.5. The molecule has 0 bridgehead atoms. The van der Waals surface area contributed by atoms with Gasteiger partial charge >= 0.3 is 0 Å². The first kappa shape index (κ1) is 98.7. The van der Waals surface area contributed by atoms with E-state index >= 15 is 0 Å². The molecule has 17 unspecified atom stereocenters. The van der Waals surface area contributed by atoms with E-state index in [0.29, 0.717) is 6.42 Å². The molecule has 0 saturated carbocycles. The average Bonchev–Trinajstić information content (AvgIpc) is 0.780. The van der Waals surface area contributed by atoms with E-state index in [1.165, 1.54) is 334 Å². The first-order valence-electron chi connectivity index (χ1n) is 44.9. The van der Waals surface area contributed by atoms with Crippen molar-refractivity contribution in [2.45, 2.75) is 510 Å². The van der Waals surface area contributed by atoms with Crippen LogP contribution in [-0.4, -0.2) is 193 Å². The summed E-state index contributed by atoms with van der Waals surface area (Å²) >= 11 is 0. The van der Waals surface area contributed by atoms with Crippen molar-refractivity contribution >= 4 is 5.91 Å². The number of hydrogen-bond acceptors (Lipinski definition) is 18. The quantitative estimate of drug-likeness (QED) is 0.0199. The third-order valence-electron chi connectivity index (χ3n) is 22.8. The van der Waals surface area contributed by atoms with E-state index in [-0.39, 0.29) is 18.9 Å². The Morgan fingerprint density at radius 1 is 0.330 bits per heavy atom. The number of hydrogen-bond donors (Lipinski definition) is 12. The SMILES string of the molecule is CCCCCCCCCCCCCCCCCCCCCC/C=C/C(O)C(COC1OC(CO)C(OC2OC(CO)C(OC3OC(CO)C(O)C(O)C3O)C(O)C2O)C(O)C1O)NC(=O)CCCCCCCCCCCCCCCCCCCCCCCCCCCCCCCCCCCCCCCCC. The zero-order valence-corrected chi connectivity index (χ0v) is 67.7. The molecule has 3 fully saturated rings. The summed E-state index contributed by atoms with van der Waals surface area (Å²) in [6.07, 6.45) is 56.7. The summed E-state index contributed by atoms with van der Waals surface area (Å²) in [5.41, 5.74) is 0. The van der Waals surface area contributed by atoms with E-state index in [1.54, 1.807) is 6.08 Å². The van der Waals surface area contributed by atoms with Crippen molar-refractivity contribution in [2.75, 3.05) is 26.4 Å². The molecule has 0 spiro atoms. The van der Waals surface area contributed by atoms with E-state index in [1.807, 2.05) is 6.08 Å². The molecule has 628 valence electrons. The predicted octanol–water partition coefficient (Wildman–Crippen LogP) is 16.7. The monoisotopic (exact) mass is 1510 g/mol. The van der Waals surface area contributed by atoms with Crippen LogP contribution in [0.4, 0.5) is 0 Å². The number of unbranched alkanes of at least 4 members (excludes halogenated alkanes) is 58. The second-order valence-corrected chi connectivity index (χ2v) is 32.4. The highest BCUT2D eigenvalue weighted by molar-refractivity contribution is 5.76. The minimum Gasteiger partial charge on any atom is -0.394 e. The number of nitrogens with one attached hydrogen (secondary N) is 1. The minimum absolute atomic E-state index is 0.250. The Bertz CT molecular complexity index is 1960. The van der Waals surface area contributed by atoms with Gasteiger partial charge in [-0.3, -0.25) is 4.79 Å². The third kappa shape index (κ3) is 46.6. The van der Waals surface area contributed by atoms with E-state index < -0.39 is 124 Å². The van der Waals surface area contributed by atoms with Crippen LogP contribution in [-0.2, 0) is 33.2 Å². The van der Waals surface area contributed by atoms with E-state index in [2.05, 4.69) is 19.2 Å². The number of aliphatic hydroxyl groups is 11. The fourth-order valence-corrected chi connectivity index (χ4v) is 15.7. The van der Waals surface area contributed by atoms with Crippen LogP contribution >= 0.6 is 0 Å². The van der Waals surface area contributed by atoms with Gasteiger partial charge in [0.15, 0.2) is 18.9 Å². The highest BCUT2D eigenvalue weighted by Gasteiger charge is 2.54. The highest BCUT2D eigenvalue weighted by atomic mass is 16.8. The van der Waals surface area contributed by atoms with Gasteiger partial charge in [-0.15, -0.1) is 0 Å². The molecule has 17 atom stereocenters. The molecule has 3 aliphatic rings. The fraction of sp³-hybridized carbons (Fsp3) is 0.966. The number of rotatable bonds is 74. The average molecular weight is 1520 g/mol. The first-order valence-corrected chi connectivity index (χ1v) is 44.9. The van der Waals surface area contributed by atoms with Crippen LogP contribution < -0.4 is 5.32 Å². The number of amides is 1. The van der Waals surface area contributed by atoms with Crippen LogP contribution in [0.5, 0.6) is 0 Å². The second kappa shape index (κ2) is 68.0. The molecule has 3 heterocycles. The number of allylic oxidation sites excluding steroid dienone is 1. The molecule has 19 heteroatoms. The van der Waals surface area contributed by atoms with Crippen LogP contribution in [0, 0.1) is 0 Å². The molecule has 1 amide bonds. The number of ether oxygens (including phenoxy) is 6. The summed E-state index contributed by atoms with van der Waals surface area (Å²) in [4.78, 5) is 13.5. The fourth-order valence-electron chi connectivity index (χ4n) is 15.7. The van der Waals surface area contributed by atoms with Crippen molar-refractivity contribution in [2.24, 2.45) is 0 Å². The van der Waals surface area contributed by atoms with Crippen LogP contribution in [0.15, 0.2) is 12.2 Å². The zero-order valence-electron chi connectivity index (χ0n) is 67.7. The largest absolute Gasteiger partial charge is 0.394 e. The molecule has 12 N–H and O–H groups in total. The van der Waals surface area contributed by atoms with Gasteiger partial charge in [0.1, 0.15) is 73.2 Å². The Hall–Kier alpha value is -1.47. The van der Waals surface area contributed by atoms with Gasteiger partial charge in [-0.05, 0) is 19.3 Å². The molecule has 0 radical (unpaired) electrons. The maximum Gasteiger partial charge on any atom is 0.220 e. The van der Waals surface area contributed by atoms with Crippen molar-refractivity contribution < 1.29 is 89.4 Å². The lowest BCUT2D eigenvalue weighted by Crippen LogP contribution is -2.66. The van der Waals surface area contributed by atoms with Gasteiger partial charge in [0.05, 0.1) is 38.6 Å². The van der Waals surface area contributed by atoms with Gasteiger partial charge in [0, 0.05) is 6.42 Å². The molecule has 106 heavy (non-hydrogen) atoms. The van der Waals surface area contributed by atoms with Crippen LogP contribution in [0.25, 0.3) is 0 Å². The molecule has 19 nitrogen and oxygen atoms in total. The molecular formula is C87H167NO18. The Balaban J connectivity index is 1.29. The standard InChI is InChI=1S/C87H167NO18/c1-3-5-7-9-11-13-15-17-19-21-23-25-27-28-29-30-31-32-33-34-35-36-37-38-39-40-41-42-43-45-47-49-51-53-55-57-59-61-63-65-75(93)88-70(71(92)64-62-60-58-56-54-52-50-48-46-44-26-24-22-20-18-16-14-12-10-8-6-4-2)69-101-85-81(99)78(96)83(73(67-90)103-85)106-87-82(100)79(97)84(74(68-91)104-87)105-86-80(98)77(95)76(94)72(66-89)102-86/h62,64,70-74,76-87,89-92,94-100H,3-61,63,65-69H2,1-2H3,(H,88,93)/b64-62+. The van der Waals surface area contributed by atoms with Gasteiger partial charge in [-0.25, -0.2) is 0 Å². The summed E-state index contributed by atoms with van der Waals surface area (Å²) in [5, 5.41) is 121. The van der Waals surface area contributed by atoms with Gasteiger partial charge in [-0.2, -0.15) is 0 Å². The topological polar surface area (TPSA) is 307 Å². The predicted molar refractivity (Wildman–Crippen MR) is 425 cm³/mol. The molecule has 0 aliphatic carbocycles. The van der Waals surface area contributed by atoms with Gasteiger partial charge < -0.3 is 89.9 Å². The number of carbonyl (C=O) groups is 1. The van der Waals surface area contributed by atoms with Crippen molar-refractivity contribution in [3.63, 3.8) is 0 Å². The lowest BCUT2D eigenvalue weighted by Gasteiger charge is -2.48. The summed E-state index contributed by atoms with van der Waals surface area (Å²) < 4.78 is 34.5. The van der Waals surface area contributed by atoms with Crippen molar-refractivity contribution in [3.8, 4) is 0 Å². The Morgan fingerprint density at radius 3 is 0.887 bits per heavy atom. The molecule has 0 aromatic carbocycles. The minimum atomic E-state index is -1.98. The third-order valence-corrected chi connectivity index (χ3v) is 22.8. The Kier molecular flexibility index (Phi) is 63.3. The Labute approximate surface area is 646 Å². The normalized spacial score (nSPS) is 25.6. The molecule has 0 aromatic heterocycles. The zero-order chi connectivity index (χ0) is 76.7. The lowest BCUT2D eigenvalue weighted by atomic mass is 9.96. The van der Waals surface area contributed by atoms with Crippen LogP contribution in [0.2, 0.25) is 0 Å². The highest BCUT2D eigenvalue weighted by Crippen LogP contribution is 2.34. The van der Waals surface area contributed by atoms with Crippen molar-refractivity contribution in [3.05, 3.63) is 12.2 Å². The molecule has 3 aliphatic heterocycles. The number of aliphatic hydroxyl groups excluding tert-OH is 11. The molecule has 3 rings (SSSR count). The van der Waals surface area contributed by atoms with E-state index in [0.717, 1.165) is 44.9 Å². The summed E-state index contributed by atoms with van der Waals surface area (Å²) in [5.74, 6) is -0.265. The molecule has 0 aromatic rings. The second-order valence-electron chi connectivity index (χ2n) is 32.4. The van der Waals surface area contributed by atoms with Gasteiger partial charge in [0.25, 0.3) is 0 Å². The summed E-state index contributed by atoms with van der Waals surface area (Å²) in [6, 6.07) is -0.971. The van der Waals surface area contributed by atoms with Crippen LogP contribution in [0.1, 0.15) is 406 Å². The maximum absolute atomic E-state index is 13.5. The van der Waals surface area contributed by atoms with Crippen molar-refractivity contribution in [1.29, 1.82) is 0 Å². The molecular weight excluding hydrogens is 1350 g/mol. The first-order chi connectivity index (χ1) is 51.8. The van der Waals surface area contributed by atoms with Gasteiger partial charge in [-0.1, -0.05) is 392 Å². The van der Waals surface area contributed by atoms with Gasteiger partial charge in [0.2, 0.25) is 5.91 Å². The molecule has 3 saturated heterocycles. The van der Waals surface area contributed by atoms with E-state index in [4.69, 9.17) is 28.4 Å². The number of carbonyl (C=O) groups excluding carboxylic acids is 1. The summed E-state index contributed by atoms with van der Waals surface area (Å²) in [7, 11) is 0. The van der Waals surface area contributed by atoms with Crippen LogP contribution in [0.3, 0.4) is 0 Å².